The standard InChI is InChI=1S/C14H20ClN3O/c1-11-3-7-18(8-4-11)9-6-17-14(19)12-2-5-16-10-13(12)15/h2,5,10-11H,3-4,6-9H2,1H3,(H,17,19). The Kier molecular flexibility index (Phi) is 5.16. The van der Waals surface area contributed by atoms with Crippen LogP contribution >= 0.6 is 11.6 Å². The Balaban J connectivity index is 1.74. The van der Waals surface area contributed by atoms with Gasteiger partial charge < -0.3 is 10.2 Å². The van der Waals surface area contributed by atoms with Crippen LogP contribution in [0, 0.1) is 5.92 Å². The maximum Gasteiger partial charge on any atom is 0.252 e. The number of carbonyl (C=O) groups is 1. The fraction of sp³-hybridized carbons (Fsp3) is 0.571. The smallest absolute Gasteiger partial charge is 0.252 e. The highest BCUT2D eigenvalue weighted by Gasteiger charge is 2.15. The lowest BCUT2D eigenvalue weighted by atomic mass is 9.99. The van der Waals surface area contributed by atoms with E-state index >= 15 is 0 Å². The van der Waals surface area contributed by atoms with E-state index in [0.717, 1.165) is 25.6 Å². The van der Waals surface area contributed by atoms with Crippen LogP contribution in [0.25, 0.3) is 0 Å². The number of rotatable bonds is 4. The molecule has 1 aliphatic rings. The van der Waals surface area contributed by atoms with Crippen LogP contribution in [0.1, 0.15) is 30.1 Å². The summed E-state index contributed by atoms with van der Waals surface area (Å²) in [6.07, 6.45) is 5.57. The zero-order valence-corrected chi connectivity index (χ0v) is 12.0. The molecule has 2 heterocycles. The van der Waals surface area contributed by atoms with Crippen LogP contribution in [0.15, 0.2) is 18.5 Å². The third-order valence-corrected chi connectivity index (χ3v) is 3.91. The molecule has 1 N–H and O–H groups in total. The van der Waals surface area contributed by atoms with Crippen molar-refractivity contribution in [3.05, 3.63) is 29.0 Å². The molecule has 0 spiro atoms. The van der Waals surface area contributed by atoms with Crippen molar-refractivity contribution in [2.24, 2.45) is 5.92 Å². The van der Waals surface area contributed by atoms with Gasteiger partial charge in [-0.25, -0.2) is 0 Å². The van der Waals surface area contributed by atoms with Crippen LogP contribution in [0.2, 0.25) is 5.02 Å². The van der Waals surface area contributed by atoms with E-state index < -0.39 is 0 Å². The molecule has 1 aromatic rings. The van der Waals surface area contributed by atoms with Crippen LogP contribution in [-0.4, -0.2) is 42.0 Å². The molecule has 5 heteroatoms. The molecule has 0 unspecified atom stereocenters. The van der Waals surface area contributed by atoms with Crippen molar-refractivity contribution in [3.63, 3.8) is 0 Å². The summed E-state index contributed by atoms with van der Waals surface area (Å²) in [6, 6.07) is 1.64. The summed E-state index contributed by atoms with van der Waals surface area (Å²) in [5.41, 5.74) is 0.490. The van der Waals surface area contributed by atoms with Gasteiger partial charge in [0.15, 0.2) is 0 Å². The van der Waals surface area contributed by atoms with E-state index in [1.165, 1.54) is 19.0 Å². The second-order valence-corrected chi connectivity index (χ2v) is 5.54. The van der Waals surface area contributed by atoms with Gasteiger partial charge in [-0.1, -0.05) is 18.5 Å². The number of aromatic nitrogens is 1. The summed E-state index contributed by atoms with van der Waals surface area (Å²) in [4.78, 5) is 18.2. The van der Waals surface area contributed by atoms with Crippen LogP contribution in [0.5, 0.6) is 0 Å². The number of halogens is 1. The Labute approximate surface area is 119 Å². The third kappa shape index (κ3) is 4.18. The molecular formula is C14H20ClN3O. The summed E-state index contributed by atoms with van der Waals surface area (Å²) in [5.74, 6) is 0.708. The molecule has 4 nitrogen and oxygen atoms in total. The Morgan fingerprint density at radius 3 is 2.95 bits per heavy atom. The van der Waals surface area contributed by atoms with Gasteiger partial charge in [-0.05, 0) is 37.9 Å². The molecular weight excluding hydrogens is 262 g/mol. The average Bonchev–Trinajstić information content (AvgIpc) is 2.41. The predicted octanol–water partition coefficient (Wildman–Crippen LogP) is 2.20. The maximum absolute atomic E-state index is 11.9. The molecule has 0 bridgehead atoms. The van der Waals surface area contributed by atoms with Crippen LogP contribution < -0.4 is 5.32 Å². The molecule has 1 fully saturated rings. The number of nitrogens with zero attached hydrogens (tertiary/aromatic N) is 2. The van der Waals surface area contributed by atoms with Crippen molar-refractivity contribution in [3.8, 4) is 0 Å². The predicted molar refractivity (Wildman–Crippen MR) is 76.4 cm³/mol. The molecule has 104 valence electrons. The first-order chi connectivity index (χ1) is 9.16. The van der Waals surface area contributed by atoms with Gasteiger partial charge in [-0.3, -0.25) is 9.78 Å². The molecule has 19 heavy (non-hydrogen) atoms. The quantitative estimate of drug-likeness (QED) is 0.920. The second kappa shape index (κ2) is 6.87. The maximum atomic E-state index is 11.9. The number of nitrogens with one attached hydrogen (secondary N) is 1. The van der Waals surface area contributed by atoms with Crippen LogP contribution in [0.4, 0.5) is 0 Å². The van der Waals surface area contributed by atoms with E-state index in [2.05, 4.69) is 22.1 Å². The van der Waals surface area contributed by atoms with Gasteiger partial charge in [-0.2, -0.15) is 0 Å². The molecule has 0 radical (unpaired) electrons. The van der Waals surface area contributed by atoms with Gasteiger partial charge >= 0.3 is 0 Å². The van der Waals surface area contributed by atoms with Gasteiger partial charge in [0.2, 0.25) is 0 Å². The zero-order chi connectivity index (χ0) is 13.7. The summed E-state index contributed by atoms with van der Waals surface area (Å²) in [5, 5.41) is 3.30. The van der Waals surface area contributed by atoms with E-state index in [1.807, 2.05) is 0 Å². The molecule has 0 aliphatic carbocycles. The van der Waals surface area contributed by atoms with Crippen molar-refractivity contribution in [1.29, 1.82) is 0 Å². The SMILES string of the molecule is CC1CCN(CCNC(=O)c2ccncc2Cl)CC1. The summed E-state index contributed by atoms with van der Waals surface area (Å²) >= 11 is 5.93. The van der Waals surface area contributed by atoms with Crippen molar-refractivity contribution in [2.45, 2.75) is 19.8 Å². The van der Waals surface area contributed by atoms with Gasteiger partial charge in [0.05, 0.1) is 10.6 Å². The van der Waals surface area contributed by atoms with Gasteiger partial charge in [0.1, 0.15) is 0 Å². The fourth-order valence-corrected chi connectivity index (χ4v) is 2.47. The van der Waals surface area contributed by atoms with Crippen molar-refractivity contribution in [1.82, 2.24) is 15.2 Å². The number of amides is 1. The number of likely N-dealkylation sites (tertiary alicyclic amines) is 1. The highest BCUT2D eigenvalue weighted by atomic mass is 35.5. The monoisotopic (exact) mass is 281 g/mol. The fourth-order valence-electron chi connectivity index (χ4n) is 2.27. The Morgan fingerprint density at radius 2 is 2.26 bits per heavy atom. The van der Waals surface area contributed by atoms with E-state index in [9.17, 15) is 4.79 Å². The second-order valence-electron chi connectivity index (χ2n) is 5.14. The summed E-state index contributed by atoms with van der Waals surface area (Å²) in [7, 11) is 0. The zero-order valence-electron chi connectivity index (χ0n) is 11.2. The molecule has 2 rings (SSSR count). The molecule has 1 aromatic heterocycles. The lowest BCUT2D eigenvalue weighted by Crippen LogP contribution is -2.39. The van der Waals surface area contributed by atoms with Gasteiger partial charge in [-0.15, -0.1) is 0 Å². The highest BCUT2D eigenvalue weighted by Crippen LogP contribution is 2.15. The Hall–Kier alpha value is -1.13. The number of hydrogen-bond donors (Lipinski definition) is 1. The van der Waals surface area contributed by atoms with Crippen molar-refractivity contribution in [2.75, 3.05) is 26.2 Å². The molecule has 0 saturated carbocycles. The molecule has 1 amide bonds. The number of carbonyl (C=O) groups excluding carboxylic acids is 1. The molecule has 1 saturated heterocycles. The van der Waals surface area contributed by atoms with Gasteiger partial charge in [0.25, 0.3) is 5.91 Å². The first-order valence-electron chi connectivity index (χ1n) is 6.77. The minimum absolute atomic E-state index is 0.127. The first-order valence-corrected chi connectivity index (χ1v) is 7.14. The molecule has 0 aromatic carbocycles. The van der Waals surface area contributed by atoms with E-state index in [0.29, 0.717) is 17.1 Å². The van der Waals surface area contributed by atoms with Gasteiger partial charge in [0, 0.05) is 25.5 Å². The Morgan fingerprint density at radius 1 is 1.53 bits per heavy atom. The lowest BCUT2D eigenvalue weighted by molar-refractivity contribution is 0.0944. The average molecular weight is 282 g/mol. The number of piperidine rings is 1. The topological polar surface area (TPSA) is 45.2 Å². The number of hydrogen-bond acceptors (Lipinski definition) is 3. The number of pyridine rings is 1. The largest absolute Gasteiger partial charge is 0.351 e. The third-order valence-electron chi connectivity index (χ3n) is 3.61. The Bertz CT molecular complexity index is 430. The summed E-state index contributed by atoms with van der Waals surface area (Å²) < 4.78 is 0. The minimum Gasteiger partial charge on any atom is -0.351 e. The highest BCUT2D eigenvalue weighted by molar-refractivity contribution is 6.33. The normalized spacial score (nSPS) is 17.4. The molecule has 0 atom stereocenters. The van der Waals surface area contributed by atoms with E-state index in [4.69, 9.17) is 11.6 Å². The van der Waals surface area contributed by atoms with Crippen molar-refractivity contribution < 1.29 is 4.79 Å². The summed E-state index contributed by atoms with van der Waals surface area (Å²) in [6.45, 7) is 6.12. The lowest BCUT2D eigenvalue weighted by Gasteiger charge is -2.30. The van der Waals surface area contributed by atoms with E-state index in [-0.39, 0.29) is 5.91 Å². The van der Waals surface area contributed by atoms with Crippen LogP contribution in [-0.2, 0) is 0 Å². The van der Waals surface area contributed by atoms with Crippen molar-refractivity contribution >= 4 is 17.5 Å². The van der Waals surface area contributed by atoms with E-state index in [1.54, 1.807) is 12.3 Å². The molecule has 1 aliphatic heterocycles. The minimum atomic E-state index is -0.127. The first kappa shape index (κ1) is 14.3. The van der Waals surface area contributed by atoms with Crippen LogP contribution in [0.3, 0.4) is 0 Å².